The standard InChI is InChI=1S/C16H19BrN2O4/c1-2-19-9-11(7-14(19)20)16(23)18-13(8-15(21)22)10-4-3-5-12(17)6-10/h3-6,11,13H,2,7-9H2,1H3,(H,18,23)(H,21,22)/t11-,13+/m0/s1. The maximum Gasteiger partial charge on any atom is 0.305 e. The van der Waals surface area contributed by atoms with Gasteiger partial charge in [0, 0.05) is 24.0 Å². The molecular weight excluding hydrogens is 364 g/mol. The highest BCUT2D eigenvalue weighted by atomic mass is 79.9. The number of carbonyl (C=O) groups excluding carboxylic acids is 2. The second-order valence-electron chi connectivity index (χ2n) is 5.55. The van der Waals surface area contributed by atoms with E-state index in [0.717, 1.165) is 4.47 Å². The summed E-state index contributed by atoms with van der Waals surface area (Å²) in [4.78, 5) is 36.9. The molecule has 1 aliphatic rings. The Labute approximate surface area is 143 Å². The van der Waals surface area contributed by atoms with Crippen LogP contribution in [0.2, 0.25) is 0 Å². The quantitative estimate of drug-likeness (QED) is 0.786. The number of hydrogen-bond acceptors (Lipinski definition) is 3. The van der Waals surface area contributed by atoms with E-state index in [0.29, 0.717) is 18.7 Å². The maximum atomic E-state index is 12.4. The van der Waals surface area contributed by atoms with Crippen molar-refractivity contribution in [3.63, 3.8) is 0 Å². The Hall–Kier alpha value is -1.89. The van der Waals surface area contributed by atoms with Crippen molar-refractivity contribution in [2.24, 2.45) is 5.92 Å². The number of nitrogens with one attached hydrogen (secondary N) is 1. The Morgan fingerprint density at radius 3 is 2.78 bits per heavy atom. The minimum atomic E-state index is -0.993. The molecule has 0 aromatic heterocycles. The van der Waals surface area contributed by atoms with Crippen molar-refractivity contribution in [2.45, 2.75) is 25.8 Å². The Bertz CT molecular complexity index is 620. The zero-order chi connectivity index (χ0) is 17.0. The van der Waals surface area contributed by atoms with Gasteiger partial charge in [0.25, 0.3) is 0 Å². The van der Waals surface area contributed by atoms with Crippen LogP contribution in [0.25, 0.3) is 0 Å². The van der Waals surface area contributed by atoms with Crippen LogP contribution >= 0.6 is 15.9 Å². The van der Waals surface area contributed by atoms with E-state index < -0.39 is 17.9 Å². The van der Waals surface area contributed by atoms with Gasteiger partial charge < -0.3 is 15.3 Å². The summed E-state index contributed by atoms with van der Waals surface area (Å²) in [5, 5.41) is 11.9. The van der Waals surface area contributed by atoms with Gasteiger partial charge in [0.2, 0.25) is 11.8 Å². The molecule has 6 nitrogen and oxygen atoms in total. The summed E-state index contributed by atoms with van der Waals surface area (Å²) in [5.41, 5.74) is 0.715. The molecule has 1 aliphatic heterocycles. The van der Waals surface area contributed by atoms with Crippen LogP contribution < -0.4 is 5.32 Å². The van der Waals surface area contributed by atoms with Crippen LogP contribution in [-0.2, 0) is 14.4 Å². The molecule has 0 aliphatic carbocycles. The molecule has 0 bridgehead atoms. The summed E-state index contributed by atoms with van der Waals surface area (Å²) in [6, 6.07) is 6.56. The van der Waals surface area contributed by atoms with Crippen LogP contribution in [0.4, 0.5) is 0 Å². The van der Waals surface area contributed by atoms with Crippen molar-refractivity contribution in [1.29, 1.82) is 0 Å². The largest absolute Gasteiger partial charge is 0.481 e. The third kappa shape index (κ3) is 4.54. The molecular formula is C16H19BrN2O4. The maximum absolute atomic E-state index is 12.4. The number of likely N-dealkylation sites (tertiary alicyclic amines) is 1. The zero-order valence-electron chi connectivity index (χ0n) is 12.8. The highest BCUT2D eigenvalue weighted by Crippen LogP contribution is 2.23. The van der Waals surface area contributed by atoms with E-state index in [1.165, 1.54) is 0 Å². The monoisotopic (exact) mass is 382 g/mol. The zero-order valence-corrected chi connectivity index (χ0v) is 14.4. The van der Waals surface area contributed by atoms with Gasteiger partial charge in [0.05, 0.1) is 18.4 Å². The van der Waals surface area contributed by atoms with Gasteiger partial charge in [0.15, 0.2) is 0 Å². The number of aliphatic carboxylic acids is 1. The van der Waals surface area contributed by atoms with E-state index in [1.54, 1.807) is 23.1 Å². The van der Waals surface area contributed by atoms with Gasteiger partial charge in [-0.2, -0.15) is 0 Å². The summed E-state index contributed by atoms with van der Waals surface area (Å²) in [6.07, 6.45) is -0.0295. The molecule has 0 spiro atoms. The molecule has 2 amide bonds. The molecule has 1 heterocycles. The normalized spacial score (nSPS) is 18.8. The summed E-state index contributed by atoms with van der Waals surface area (Å²) in [7, 11) is 0. The average molecular weight is 383 g/mol. The van der Waals surface area contributed by atoms with Gasteiger partial charge in [0.1, 0.15) is 0 Å². The number of nitrogens with zero attached hydrogens (tertiary/aromatic N) is 1. The Morgan fingerprint density at radius 2 is 2.22 bits per heavy atom. The third-order valence-electron chi connectivity index (χ3n) is 3.91. The highest BCUT2D eigenvalue weighted by Gasteiger charge is 2.34. The second-order valence-corrected chi connectivity index (χ2v) is 6.46. The van der Waals surface area contributed by atoms with Gasteiger partial charge >= 0.3 is 5.97 Å². The van der Waals surface area contributed by atoms with Crippen LogP contribution in [0.1, 0.15) is 31.4 Å². The first-order valence-electron chi connectivity index (χ1n) is 7.46. The fourth-order valence-electron chi connectivity index (χ4n) is 2.69. The molecule has 2 rings (SSSR count). The minimum Gasteiger partial charge on any atom is -0.481 e. The lowest BCUT2D eigenvalue weighted by Gasteiger charge is -2.20. The molecule has 2 atom stereocenters. The molecule has 7 heteroatoms. The lowest BCUT2D eigenvalue weighted by Crippen LogP contribution is -2.36. The van der Waals surface area contributed by atoms with Crippen LogP contribution in [-0.4, -0.2) is 40.9 Å². The van der Waals surface area contributed by atoms with E-state index in [4.69, 9.17) is 5.11 Å². The smallest absolute Gasteiger partial charge is 0.305 e. The number of benzene rings is 1. The number of hydrogen-bond donors (Lipinski definition) is 2. The Morgan fingerprint density at radius 1 is 1.48 bits per heavy atom. The lowest BCUT2D eigenvalue weighted by molar-refractivity contribution is -0.138. The fraction of sp³-hybridized carbons (Fsp3) is 0.438. The van der Waals surface area contributed by atoms with Crippen molar-refractivity contribution in [1.82, 2.24) is 10.2 Å². The number of carboxylic acid groups (broad SMARTS) is 1. The molecule has 1 saturated heterocycles. The van der Waals surface area contributed by atoms with E-state index >= 15 is 0 Å². The predicted octanol–water partition coefficient (Wildman–Crippen LogP) is 1.95. The van der Waals surface area contributed by atoms with Crippen molar-refractivity contribution in [2.75, 3.05) is 13.1 Å². The van der Waals surface area contributed by atoms with Crippen molar-refractivity contribution < 1.29 is 19.5 Å². The Balaban J connectivity index is 2.10. The lowest BCUT2D eigenvalue weighted by atomic mass is 10.0. The second kappa shape index (κ2) is 7.59. The summed E-state index contributed by atoms with van der Waals surface area (Å²) in [5.74, 6) is -1.73. The van der Waals surface area contributed by atoms with Crippen molar-refractivity contribution >= 4 is 33.7 Å². The highest BCUT2D eigenvalue weighted by molar-refractivity contribution is 9.10. The van der Waals surface area contributed by atoms with Gasteiger partial charge in [-0.15, -0.1) is 0 Å². The molecule has 0 saturated carbocycles. The van der Waals surface area contributed by atoms with E-state index in [1.807, 2.05) is 13.0 Å². The molecule has 1 aromatic carbocycles. The Kier molecular flexibility index (Phi) is 5.76. The first-order chi connectivity index (χ1) is 10.9. The summed E-state index contributed by atoms with van der Waals surface area (Å²) < 4.78 is 0.813. The van der Waals surface area contributed by atoms with Crippen LogP contribution in [0.5, 0.6) is 0 Å². The van der Waals surface area contributed by atoms with Gasteiger partial charge in [-0.3, -0.25) is 14.4 Å². The van der Waals surface area contributed by atoms with Crippen LogP contribution in [0, 0.1) is 5.92 Å². The summed E-state index contributed by atoms with van der Waals surface area (Å²) in [6.45, 7) is 2.83. The van der Waals surface area contributed by atoms with E-state index in [9.17, 15) is 14.4 Å². The SMILES string of the molecule is CCN1C[C@@H](C(=O)N[C@H](CC(=O)O)c2cccc(Br)c2)CC1=O. The third-order valence-corrected chi connectivity index (χ3v) is 4.41. The molecule has 1 fully saturated rings. The molecule has 0 unspecified atom stereocenters. The molecule has 2 N–H and O–H groups in total. The number of amides is 2. The van der Waals surface area contributed by atoms with Crippen LogP contribution in [0.3, 0.4) is 0 Å². The predicted molar refractivity (Wildman–Crippen MR) is 87.6 cm³/mol. The van der Waals surface area contributed by atoms with Gasteiger partial charge in [-0.05, 0) is 24.6 Å². The van der Waals surface area contributed by atoms with E-state index in [-0.39, 0.29) is 24.7 Å². The number of carboxylic acids is 1. The fourth-order valence-corrected chi connectivity index (χ4v) is 3.11. The first-order valence-corrected chi connectivity index (χ1v) is 8.25. The molecule has 23 heavy (non-hydrogen) atoms. The van der Waals surface area contributed by atoms with Gasteiger partial charge in [-0.1, -0.05) is 28.1 Å². The molecule has 1 aromatic rings. The van der Waals surface area contributed by atoms with Crippen molar-refractivity contribution in [3.05, 3.63) is 34.3 Å². The van der Waals surface area contributed by atoms with Crippen LogP contribution in [0.15, 0.2) is 28.7 Å². The average Bonchev–Trinajstić information content (AvgIpc) is 2.87. The topological polar surface area (TPSA) is 86.7 Å². The van der Waals surface area contributed by atoms with Crippen molar-refractivity contribution in [3.8, 4) is 0 Å². The minimum absolute atomic E-state index is 0.0371. The number of carbonyl (C=O) groups is 3. The number of halogens is 1. The van der Waals surface area contributed by atoms with E-state index in [2.05, 4.69) is 21.2 Å². The molecule has 0 radical (unpaired) electrons. The first kappa shape index (κ1) is 17.5. The molecule has 124 valence electrons. The number of rotatable bonds is 6. The summed E-state index contributed by atoms with van der Waals surface area (Å²) >= 11 is 3.34. The van der Waals surface area contributed by atoms with Gasteiger partial charge in [-0.25, -0.2) is 0 Å².